The van der Waals surface area contributed by atoms with Crippen LogP contribution in [0, 0.1) is 11.0 Å². The number of amides is 2. The van der Waals surface area contributed by atoms with E-state index in [0.29, 0.717) is 48.2 Å². The standard InChI is InChI=1S/C24H23ClFN5O4/c1-16(29-10-12-30(13-11-29)24(33)20-8-9-31(34)15-21(20)25)23(32)28-22-7-6-19(14-27-22)35-18-4-2-17(26)3-5-18/h2-9,14-16H,10-13H2,1H3,(H,27,28,32). The van der Waals surface area contributed by atoms with Crippen molar-refractivity contribution in [1.82, 2.24) is 14.8 Å². The van der Waals surface area contributed by atoms with Gasteiger partial charge in [-0.3, -0.25) is 14.5 Å². The summed E-state index contributed by atoms with van der Waals surface area (Å²) in [5, 5.41) is 14.2. The number of nitrogens with zero attached hydrogens (tertiary/aromatic N) is 4. The van der Waals surface area contributed by atoms with Gasteiger partial charge in [0, 0.05) is 32.2 Å². The fraction of sp³-hybridized carbons (Fsp3) is 0.250. The topological polar surface area (TPSA) is 102 Å². The minimum absolute atomic E-state index is 0.101. The lowest BCUT2D eigenvalue weighted by atomic mass is 10.2. The van der Waals surface area contributed by atoms with Gasteiger partial charge in [0.25, 0.3) is 5.91 Å². The molecule has 4 rings (SSSR count). The minimum atomic E-state index is -0.441. The quantitative estimate of drug-likeness (QED) is 0.413. The highest BCUT2D eigenvalue weighted by Crippen LogP contribution is 2.22. The molecular weight excluding hydrogens is 477 g/mol. The summed E-state index contributed by atoms with van der Waals surface area (Å²) in [5.74, 6) is 0.465. The number of carbonyl (C=O) groups excluding carboxylic acids is 2. The molecule has 1 fully saturated rings. The van der Waals surface area contributed by atoms with Crippen molar-refractivity contribution in [2.75, 3.05) is 31.5 Å². The molecule has 0 radical (unpaired) electrons. The average molecular weight is 500 g/mol. The summed E-state index contributed by atoms with van der Waals surface area (Å²) < 4.78 is 19.2. The smallest absolute Gasteiger partial charge is 0.255 e. The second kappa shape index (κ2) is 10.7. The third-order valence-corrected chi connectivity index (χ3v) is 5.98. The summed E-state index contributed by atoms with van der Waals surface area (Å²) in [7, 11) is 0. The van der Waals surface area contributed by atoms with Gasteiger partial charge in [-0.15, -0.1) is 0 Å². The molecule has 1 unspecified atom stereocenters. The van der Waals surface area contributed by atoms with Crippen molar-refractivity contribution < 1.29 is 23.4 Å². The number of halogens is 2. The number of anilines is 1. The molecule has 35 heavy (non-hydrogen) atoms. The number of ether oxygens (including phenoxy) is 1. The molecule has 3 aromatic rings. The SMILES string of the molecule is CC(C(=O)Nc1ccc(Oc2ccc(F)cc2)cn1)N1CCN(C(=O)c2cc[n+]([O-])cc2Cl)CC1. The van der Waals surface area contributed by atoms with Gasteiger partial charge in [-0.05, 0) is 43.3 Å². The van der Waals surface area contributed by atoms with Crippen LogP contribution in [-0.4, -0.2) is 58.8 Å². The Hall–Kier alpha value is -3.76. The lowest BCUT2D eigenvalue weighted by Gasteiger charge is -2.37. The van der Waals surface area contributed by atoms with E-state index in [2.05, 4.69) is 10.3 Å². The molecule has 11 heteroatoms. The molecular formula is C24H23ClFN5O4. The van der Waals surface area contributed by atoms with Crippen LogP contribution in [0.25, 0.3) is 0 Å². The number of carbonyl (C=O) groups is 2. The summed E-state index contributed by atoms with van der Waals surface area (Å²) in [6.45, 7) is 3.65. The Kier molecular flexibility index (Phi) is 7.42. The van der Waals surface area contributed by atoms with Gasteiger partial charge in [0.15, 0.2) is 12.4 Å². The fourth-order valence-electron chi connectivity index (χ4n) is 3.66. The van der Waals surface area contributed by atoms with E-state index in [-0.39, 0.29) is 28.2 Å². The van der Waals surface area contributed by atoms with Crippen molar-refractivity contribution in [3.63, 3.8) is 0 Å². The van der Waals surface area contributed by atoms with E-state index in [9.17, 15) is 19.2 Å². The first-order valence-corrected chi connectivity index (χ1v) is 11.3. The number of pyridine rings is 2. The lowest BCUT2D eigenvalue weighted by molar-refractivity contribution is -0.605. The van der Waals surface area contributed by atoms with Crippen LogP contribution in [0.2, 0.25) is 5.02 Å². The second-order valence-corrected chi connectivity index (χ2v) is 8.40. The maximum atomic E-state index is 13.0. The molecule has 0 bridgehead atoms. The van der Waals surface area contributed by atoms with Crippen molar-refractivity contribution in [3.05, 3.63) is 82.7 Å². The van der Waals surface area contributed by atoms with Crippen molar-refractivity contribution in [2.45, 2.75) is 13.0 Å². The Bertz CT molecular complexity index is 1200. The zero-order chi connectivity index (χ0) is 24.9. The Labute approximate surface area is 206 Å². The van der Waals surface area contributed by atoms with Gasteiger partial charge in [-0.25, -0.2) is 9.37 Å². The van der Waals surface area contributed by atoms with E-state index in [4.69, 9.17) is 16.3 Å². The molecule has 1 N–H and O–H groups in total. The van der Waals surface area contributed by atoms with Crippen molar-refractivity contribution >= 4 is 29.2 Å². The second-order valence-electron chi connectivity index (χ2n) is 7.99. The molecule has 2 aromatic heterocycles. The molecule has 2 amide bonds. The number of rotatable bonds is 6. The average Bonchev–Trinajstić information content (AvgIpc) is 2.86. The van der Waals surface area contributed by atoms with Crippen LogP contribution in [-0.2, 0) is 4.79 Å². The number of piperazine rings is 1. The fourth-order valence-corrected chi connectivity index (χ4v) is 3.90. The molecule has 1 saturated heterocycles. The highest BCUT2D eigenvalue weighted by Gasteiger charge is 2.29. The third-order valence-electron chi connectivity index (χ3n) is 5.68. The van der Waals surface area contributed by atoms with Crippen LogP contribution in [0.4, 0.5) is 10.2 Å². The van der Waals surface area contributed by atoms with Crippen molar-refractivity contribution in [1.29, 1.82) is 0 Å². The highest BCUT2D eigenvalue weighted by molar-refractivity contribution is 6.33. The first kappa shape index (κ1) is 24.4. The van der Waals surface area contributed by atoms with Crippen LogP contribution < -0.4 is 14.8 Å². The van der Waals surface area contributed by atoms with Crippen molar-refractivity contribution in [2.24, 2.45) is 0 Å². The summed E-state index contributed by atoms with van der Waals surface area (Å²) in [6.07, 6.45) is 3.85. The van der Waals surface area contributed by atoms with Crippen LogP contribution in [0.1, 0.15) is 17.3 Å². The summed E-state index contributed by atoms with van der Waals surface area (Å²) in [4.78, 5) is 33.3. The maximum Gasteiger partial charge on any atom is 0.255 e. The van der Waals surface area contributed by atoms with E-state index in [0.717, 1.165) is 6.20 Å². The molecule has 9 nitrogen and oxygen atoms in total. The molecule has 1 aromatic carbocycles. The first-order chi connectivity index (χ1) is 16.8. The number of aromatic nitrogens is 2. The van der Waals surface area contributed by atoms with E-state index >= 15 is 0 Å². The van der Waals surface area contributed by atoms with E-state index in [1.807, 2.05) is 4.90 Å². The number of nitrogens with one attached hydrogen (secondary N) is 1. The van der Waals surface area contributed by atoms with E-state index in [1.54, 1.807) is 24.0 Å². The number of hydrogen-bond donors (Lipinski definition) is 1. The molecule has 0 aliphatic carbocycles. The molecule has 1 atom stereocenters. The summed E-state index contributed by atoms with van der Waals surface area (Å²) in [6, 6.07) is 9.86. The zero-order valence-corrected chi connectivity index (χ0v) is 19.6. The normalized spacial score (nSPS) is 14.9. The predicted octanol–water partition coefficient (Wildman–Crippen LogP) is 3.08. The summed E-state index contributed by atoms with van der Waals surface area (Å²) in [5.41, 5.74) is 0.274. The van der Waals surface area contributed by atoms with Gasteiger partial charge in [0.05, 0.1) is 17.8 Å². The highest BCUT2D eigenvalue weighted by atomic mass is 35.5. The Morgan fingerprint density at radius 3 is 2.43 bits per heavy atom. The van der Waals surface area contributed by atoms with Crippen LogP contribution in [0.3, 0.4) is 0 Å². The first-order valence-electron chi connectivity index (χ1n) is 10.9. The van der Waals surface area contributed by atoms with Crippen molar-refractivity contribution in [3.8, 4) is 11.5 Å². The molecule has 1 aliphatic heterocycles. The maximum absolute atomic E-state index is 13.0. The molecule has 1 aliphatic rings. The Balaban J connectivity index is 1.28. The third kappa shape index (κ3) is 6.03. The zero-order valence-electron chi connectivity index (χ0n) is 18.9. The Morgan fingerprint density at radius 2 is 1.80 bits per heavy atom. The monoisotopic (exact) mass is 499 g/mol. The van der Waals surface area contributed by atoms with Crippen LogP contribution in [0.15, 0.2) is 61.1 Å². The van der Waals surface area contributed by atoms with E-state index in [1.165, 1.54) is 42.7 Å². The minimum Gasteiger partial charge on any atom is -0.619 e. The van der Waals surface area contributed by atoms with Gasteiger partial charge in [0.2, 0.25) is 5.91 Å². The molecule has 0 spiro atoms. The molecule has 182 valence electrons. The van der Waals surface area contributed by atoms with Gasteiger partial charge in [-0.2, -0.15) is 4.73 Å². The largest absolute Gasteiger partial charge is 0.619 e. The lowest BCUT2D eigenvalue weighted by Crippen LogP contribution is -2.54. The van der Waals surface area contributed by atoms with Gasteiger partial charge >= 0.3 is 0 Å². The number of hydrogen-bond acceptors (Lipinski definition) is 6. The van der Waals surface area contributed by atoms with E-state index < -0.39 is 6.04 Å². The molecule has 3 heterocycles. The van der Waals surface area contributed by atoms with Gasteiger partial charge < -0.3 is 20.2 Å². The molecule has 0 saturated carbocycles. The van der Waals surface area contributed by atoms with Crippen LogP contribution >= 0.6 is 11.6 Å². The summed E-state index contributed by atoms with van der Waals surface area (Å²) >= 11 is 6.04. The van der Waals surface area contributed by atoms with Crippen LogP contribution in [0.5, 0.6) is 11.5 Å². The van der Waals surface area contributed by atoms with Gasteiger partial charge in [0.1, 0.15) is 28.2 Å². The van der Waals surface area contributed by atoms with Gasteiger partial charge in [-0.1, -0.05) is 11.6 Å². The Morgan fingerprint density at radius 1 is 1.11 bits per heavy atom. The predicted molar refractivity (Wildman–Crippen MR) is 127 cm³/mol. The number of benzene rings is 1.